The standard InChI is InChI=1S/C15H14N2O2/c1-18-14-9-8-13(10-15(14)19-2)17-11-16-12-6-4-3-5-7-12/h3-10H,1-2H3. The Bertz CT molecular complexity index is 603. The zero-order valence-corrected chi connectivity index (χ0v) is 10.8. The van der Waals surface area contributed by atoms with E-state index in [2.05, 4.69) is 16.0 Å². The Kier molecular flexibility index (Phi) is 4.32. The van der Waals surface area contributed by atoms with Gasteiger partial charge in [-0.25, -0.2) is 0 Å². The highest BCUT2D eigenvalue weighted by molar-refractivity contribution is 5.60. The summed E-state index contributed by atoms with van der Waals surface area (Å²) in [6.07, 6.45) is 0. The van der Waals surface area contributed by atoms with Gasteiger partial charge in [0.15, 0.2) is 11.5 Å². The topological polar surface area (TPSA) is 43.2 Å². The number of ether oxygens (including phenoxy) is 2. The third-order valence-corrected chi connectivity index (χ3v) is 2.48. The van der Waals surface area contributed by atoms with Crippen LogP contribution in [0.15, 0.2) is 58.5 Å². The molecule has 19 heavy (non-hydrogen) atoms. The van der Waals surface area contributed by atoms with E-state index in [0.29, 0.717) is 17.2 Å². The van der Waals surface area contributed by atoms with Crippen molar-refractivity contribution in [3.05, 3.63) is 48.5 Å². The summed E-state index contributed by atoms with van der Waals surface area (Å²) in [6, 6.07) is 17.6. The van der Waals surface area contributed by atoms with Gasteiger partial charge in [-0.1, -0.05) is 18.2 Å². The van der Waals surface area contributed by atoms with Gasteiger partial charge in [-0.15, -0.1) is 0 Å². The Morgan fingerprint density at radius 2 is 1.47 bits per heavy atom. The maximum atomic E-state index is 5.20. The van der Waals surface area contributed by atoms with Crippen molar-refractivity contribution < 1.29 is 9.47 Å². The third-order valence-electron chi connectivity index (χ3n) is 2.48. The molecule has 0 radical (unpaired) electrons. The Hall–Kier alpha value is -2.58. The molecule has 0 bridgehead atoms. The minimum absolute atomic E-state index is 0.630. The van der Waals surface area contributed by atoms with E-state index >= 15 is 0 Å². The predicted molar refractivity (Wildman–Crippen MR) is 75.2 cm³/mol. The smallest absolute Gasteiger partial charge is 0.162 e. The van der Waals surface area contributed by atoms with Crippen LogP contribution in [0.4, 0.5) is 11.4 Å². The van der Waals surface area contributed by atoms with Crippen molar-refractivity contribution in [1.82, 2.24) is 0 Å². The van der Waals surface area contributed by atoms with Gasteiger partial charge in [0, 0.05) is 6.07 Å². The number of para-hydroxylation sites is 1. The zero-order valence-electron chi connectivity index (χ0n) is 10.8. The van der Waals surface area contributed by atoms with Crippen molar-refractivity contribution in [2.75, 3.05) is 14.2 Å². The van der Waals surface area contributed by atoms with Gasteiger partial charge in [0.1, 0.15) is 6.01 Å². The highest BCUT2D eigenvalue weighted by Crippen LogP contribution is 2.30. The van der Waals surface area contributed by atoms with Gasteiger partial charge < -0.3 is 9.47 Å². The number of hydrogen-bond donors (Lipinski definition) is 0. The molecular weight excluding hydrogens is 240 g/mol. The molecule has 0 heterocycles. The van der Waals surface area contributed by atoms with Crippen molar-refractivity contribution in [2.24, 2.45) is 9.98 Å². The summed E-state index contributed by atoms with van der Waals surface area (Å²) >= 11 is 0. The SMILES string of the molecule is COc1ccc(N=C=Nc2ccccc2)cc1OC. The molecule has 0 aromatic heterocycles. The van der Waals surface area contributed by atoms with Gasteiger partial charge in [0.2, 0.25) is 0 Å². The second kappa shape index (κ2) is 6.38. The average molecular weight is 254 g/mol. The van der Waals surface area contributed by atoms with Gasteiger partial charge in [0.05, 0.1) is 25.6 Å². The molecule has 0 aliphatic heterocycles. The molecule has 2 aromatic rings. The molecule has 0 saturated carbocycles. The minimum atomic E-state index is 0.630. The minimum Gasteiger partial charge on any atom is -0.493 e. The van der Waals surface area contributed by atoms with E-state index in [0.717, 1.165) is 5.69 Å². The summed E-state index contributed by atoms with van der Waals surface area (Å²) < 4.78 is 10.4. The van der Waals surface area contributed by atoms with Crippen LogP contribution in [-0.2, 0) is 0 Å². The van der Waals surface area contributed by atoms with Crippen LogP contribution in [0.2, 0.25) is 0 Å². The monoisotopic (exact) mass is 254 g/mol. The van der Waals surface area contributed by atoms with Crippen molar-refractivity contribution in [2.45, 2.75) is 0 Å². The molecule has 0 atom stereocenters. The van der Waals surface area contributed by atoms with E-state index in [-0.39, 0.29) is 0 Å². The van der Waals surface area contributed by atoms with Gasteiger partial charge in [-0.2, -0.15) is 9.98 Å². The summed E-state index contributed by atoms with van der Waals surface area (Å²) in [4.78, 5) is 8.24. The van der Waals surface area contributed by atoms with Crippen LogP contribution in [0.3, 0.4) is 0 Å². The number of rotatable bonds is 4. The molecule has 0 fully saturated rings. The van der Waals surface area contributed by atoms with Crippen LogP contribution in [-0.4, -0.2) is 20.2 Å². The zero-order chi connectivity index (χ0) is 13.5. The molecule has 2 rings (SSSR count). The van der Waals surface area contributed by atoms with Crippen molar-refractivity contribution >= 4 is 17.4 Å². The summed E-state index contributed by atoms with van der Waals surface area (Å²) in [5.74, 6) is 1.30. The number of aliphatic imine (C=N–C) groups is 2. The highest BCUT2D eigenvalue weighted by Gasteiger charge is 2.02. The second-order valence-electron chi connectivity index (χ2n) is 3.70. The van der Waals surface area contributed by atoms with Crippen molar-refractivity contribution in [3.8, 4) is 11.5 Å². The Labute approximate surface area is 112 Å². The van der Waals surface area contributed by atoms with E-state index in [1.807, 2.05) is 36.4 Å². The summed E-state index contributed by atoms with van der Waals surface area (Å²) in [5.41, 5.74) is 1.52. The molecule has 0 aliphatic carbocycles. The van der Waals surface area contributed by atoms with E-state index in [1.54, 1.807) is 26.4 Å². The lowest BCUT2D eigenvalue weighted by Crippen LogP contribution is -1.89. The molecule has 0 N–H and O–H groups in total. The summed E-state index contributed by atoms with van der Waals surface area (Å²) in [7, 11) is 3.18. The van der Waals surface area contributed by atoms with Gasteiger partial charge in [-0.3, -0.25) is 0 Å². The lowest BCUT2D eigenvalue weighted by molar-refractivity contribution is 0.355. The molecular formula is C15H14N2O2. The first-order chi connectivity index (χ1) is 9.33. The Balaban J connectivity index is 2.22. The number of methoxy groups -OCH3 is 2. The van der Waals surface area contributed by atoms with Gasteiger partial charge in [-0.05, 0) is 24.3 Å². The van der Waals surface area contributed by atoms with E-state index < -0.39 is 0 Å². The molecule has 0 aliphatic rings. The van der Waals surface area contributed by atoms with Crippen LogP contribution in [0, 0.1) is 0 Å². The molecule has 0 amide bonds. The van der Waals surface area contributed by atoms with Gasteiger partial charge in [0.25, 0.3) is 0 Å². The number of nitrogens with zero attached hydrogens (tertiary/aromatic N) is 2. The highest BCUT2D eigenvalue weighted by atomic mass is 16.5. The second-order valence-corrected chi connectivity index (χ2v) is 3.70. The fourth-order valence-corrected chi connectivity index (χ4v) is 1.54. The van der Waals surface area contributed by atoms with E-state index in [1.165, 1.54) is 0 Å². The summed E-state index contributed by atoms with van der Waals surface area (Å²) in [5, 5.41) is 0. The maximum absolute atomic E-state index is 5.20. The lowest BCUT2D eigenvalue weighted by Gasteiger charge is -2.06. The predicted octanol–water partition coefficient (Wildman–Crippen LogP) is 3.84. The van der Waals surface area contributed by atoms with Crippen LogP contribution in [0.25, 0.3) is 0 Å². The first-order valence-corrected chi connectivity index (χ1v) is 5.77. The first kappa shape index (κ1) is 12.9. The van der Waals surface area contributed by atoms with Crippen LogP contribution >= 0.6 is 0 Å². The first-order valence-electron chi connectivity index (χ1n) is 5.77. The lowest BCUT2D eigenvalue weighted by atomic mass is 10.3. The molecule has 4 nitrogen and oxygen atoms in total. The van der Waals surface area contributed by atoms with Crippen LogP contribution in [0.5, 0.6) is 11.5 Å². The normalized spacial score (nSPS) is 9.37. The van der Waals surface area contributed by atoms with E-state index in [9.17, 15) is 0 Å². The molecule has 4 heteroatoms. The number of benzene rings is 2. The maximum Gasteiger partial charge on any atom is 0.162 e. The average Bonchev–Trinajstić information content (AvgIpc) is 2.48. The van der Waals surface area contributed by atoms with E-state index in [4.69, 9.17) is 9.47 Å². The largest absolute Gasteiger partial charge is 0.493 e. The molecule has 0 saturated heterocycles. The quantitative estimate of drug-likeness (QED) is 0.778. The molecule has 0 spiro atoms. The van der Waals surface area contributed by atoms with Crippen LogP contribution < -0.4 is 9.47 Å². The molecule has 0 unspecified atom stereocenters. The van der Waals surface area contributed by atoms with Crippen LogP contribution in [0.1, 0.15) is 0 Å². The fraction of sp³-hybridized carbons (Fsp3) is 0.133. The Morgan fingerprint density at radius 1 is 0.789 bits per heavy atom. The summed E-state index contributed by atoms with van der Waals surface area (Å²) in [6.45, 7) is 0. The van der Waals surface area contributed by atoms with Crippen molar-refractivity contribution in [1.29, 1.82) is 0 Å². The van der Waals surface area contributed by atoms with Gasteiger partial charge >= 0.3 is 0 Å². The third kappa shape index (κ3) is 3.44. The molecule has 2 aromatic carbocycles. The molecule has 96 valence electrons. The Morgan fingerprint density at radius 3 is 2.16 bits per heavy atom. The van der Waals surface area contributed by atoms with Crippen molar-refractivity contribution in [3.63, 3.8) is 0 Å². The fourth-order valence-electron chi connectivity index (χ4n) is 1.54. The number of hydrogen-bond acceptors (Lipinski definition) is 4.